The molecule has 0 saturated heterocycles. The minimum Gasteiger partial charge on any atom is -0.383 e. The Balaban J connectivity index is 1.93. The Bertz CT molecular complexity index is 663. The average Bonchev–Trinajstić information content (AvgIpc) is 2.88. The van der Waals surface area contributed by atoms with Crippen LogP contribution in [-0.4, -0.2) is 11.0 Å². The highest BCUT2D eigenvalue weighted by Gasteiger charge is 2.18. The minimum absolute atomic E-state index is 0.0774. The SMILES string of the molecule is CCc1ccsc1C(O)c1ccc2c(c1)CCCC(=O)N2. The fourth-order valence-electron chi connectivity index (χ4n) is 2.80. The predicted octanol–water partition coefficient (Wildman–Crippen LogP) is 3.67. The lowest BCUT2D eigenvalue weighted by Gasteiger charge is -2.14. The number of hydrogen-bond acceptors (Lipinski definition) is 3. The number of aliphatic hydroxyl groups excluding tert-OH is 1. The molecule has 3 nitrogen and oxygen atoms in total. The van der Waals surface area contributed by atoms with E-state index in [0.29, 0.717) is 6.42 Å². The number of fused-ring (bicyclic) bond motifs is 1. The third-order valence-electron chi connectivity index (χ3n) is 3.98. The molecule has 0 bridgehead atoms. The standard InChI is InChI=1S/C17H19NO2S/c1-2-11-8-9-21-17(11)16(20)13-6-7-14-12(10-13)4-3-5-15(19)18-14/h6-10,16,20H,2-5H2,1H3,(H,18,19). The molecule has 0 saturated carbocycles. The van der Waals surface area contributed by atoms with E-state index >= 15 is 0 Å². The third-order valence-corrected chi connectivity index (χ3v) is 4.99. The fourth-order valence-corrected chi connectivity index (χ4v) is 3.80. The molecule has 110 valence electrons. The number of benzene rings is 1. The van der Waals surface area contributed by atoms with Gasteiger partial charge in [0.2, 0.25) is 5.91 Å². The monoisotopic (exact) mass is 301 g/mol. The summed E-state index contributed by atoms with van der Waals surface area (Å²) in [6.45, 7) is 2.10. The molecular weight excluding hydrogens is 282 g/mol. The maximum atomic E-state index is 11.6. The van der Waals surface area contributed by atoms with E-state index in [4.69, 9.17) is 0 Å². The predicted molar refractivity (Wildman–Crippen MR) is 85.8 cm³/mol. The molecule has 1 aliphatic heterocycles. The van der Waals surface area contributed by atoms with E-state index in [1.165, 1.54) is 5.56 Å². The lowest BCUT2D eigenvalue weighted by atomic mass is 9.99. The molecule has 1 atom stereocenters. The lowest BCUT2D eigenvalue weighted by Crippen LogP contribution is -2.09. The van der Waals surface area contributed by atoms with Crippen LogP contribution >= 0.6 is 11.3 Å². The maximum Gasteiger partial charge on any atom is 0.224 e. The highest BCUT2D eigenvalue weighted by atomic mass is 32.1. The van der Waals surface area contributed by atoms with Crippen molar-refractivity contribution in [3.05, 3.63) is 51.2 Å². The second-order valence-corrected chi connectivity index (χ2v) is 6.33. The first-order chi connectivity index (χ1) is 10.2. The van der Waals surface area contributed by atoms with Crippen LogP contribution in [0.2, 0.25) is 0 Å². The van der Waals surface area contributed by atoms with Crippen molar-refractivity contribution in [2.24, 2.45) is 0 Å². The molecule has 1 amide bonds. The summed E-state index contributed by atoms with van der Waals surface area (Å²) >= 11 is 1.60. The zero-order valence-electron chi connectivity index (χ0n) is 12.1. The molecular formula is C17H19NO2S. The number of rotatable bonds is 3. The van der Waals surface area contributed by atoms with Crippen LogP contribution < -0.4 is 5.32 Å². The van der Waals surface area contributed by atoms with Gasteiger partial charge in [-0.2, -0.15) is 0 Å². The Morgan fingerprint density at radius 3 is 3.00 bits per heavy atom. The Morgan fingerprint density at radius 2 is 2.19 bits per heavy atom. The van der Waals surface area contributed by atoms with Gasteiger partial charge in [-0.15, -0.1) is 11.3 Å². The quantitative estimate of drug-likeness (QED) is 0.909. The van der Waals surface area contributed by atoms with Crippen molar-refractivity contribution < 1.29 is 9.90 Å². The molecule has 4 heteroatoms. The Kier molecular flexibility index (Phi) is 4.08. The van der Waals surface area contributed by atoms with Crippen molar-refractivity contribution >= 4 is 22.9 Å². The summed E-state index contributed by atoms with van der Waals surface area (Å²) in [5.41, 5.74) is 4.11. The van der Waals surface area contributed by atoms with Gasteiger partial charge in [0.25, 0.3) is 0 Å². The number of aliphatic hydroxyl groups is 1. The summed E-state index contributed by atoms with van der Waals surface area (Å²) in [6.07, 6.45) is 2.65. The van der Waals surface area contributed by atoms with Crippen molar-refractivity contribution in [1.29, 1.82) is 0 Å². The van der Waals surface area contributed by atoms with E-state index in [-0.39, 0.29) is 5.91 Å². The van der Waals surface area contributed by atoms with Crippen LogP contribution in [0.15, 0.2) is 29.6 Å². The van der Waals surface area contributed by atoms with Crippen molar-refractivity contribution in [3.63, 3.8) is 0 Å². The summed E-state index contributed by atoms with van der Waals surface area (Å²) in [4.78, 5) is 12.6. The molecule has 1 aromatic carbocycles. The number of hydrogen-bond donors (Lipinski definition) is 2. The first kappa shape index (κ1) is 14.3. The number of thiophene rings is 1. The van der Waals surface area contributed by atoms with Crippen LogP contribution in [0.3, 0.4) is 0 Å². The smallest absolute Gasteiger partial charge is 0.224 e. The maximum absolute atomic E-state index is 11.6. The van der Waals surface area contributed by atoms with Crippen LogP contribution in [0.25, 0.3) is 0 Å². The summed E-state index contributed by atoms with van der Waals surface area (Å²) < 4.78 is 0. The third kappa shape index (κ3) is 2.87. The zero-order valence-corrected chi connectivity index (χ0v) is 12.9. The van der Waals surface area contributed by atoms with Crippen LogP contribution in [-0.2, 0) is 17.6 Å². The molecule has 21 heavy (non-hydrogen) atoms. The van der Waals surface area contributed by atoms with Gasteiger partial charge in [0, 0.05) is 17.0 Å². The van der Waals surface area contributed by atoms with Gasteiger partial charge in [-0.05, 0) is 53.5 Å². The molecule has 0 fully saturated rings. The molecule has 0 radical (unpaired) electrons. The number of carbonyl (C=O) groups excluding carboxylic acids is 1. The average molecular weight is 301 g/mol. The second-order valence-electron chi connectivity index (χ2n) is 5.38. The Hall–Kier alpha value is -1.65. The van der Waals surface area contributed by atoms with E-state index in [0.717, 1.165) is 41.0 Å². The summed E-state index contributed by atoms with van der Waals surface area (Å²) in [5, 5.41) is 15.6. The van der Waals surface area contributed by atoms with E-state index in [1.54, 1.807) is 11.3 Å². The molecule has 2 heterocycles. The van der Waals surface area contributed by atoms with Crippen molar-refractivity contribution in [1.82, 2.24) is 0 Å². The minimum atomic E-state index is -0.579. The van der Waals surface area contributed by atoms with Crippen molar-refractivity contribution in [2.45, 2.75) is 38.7 Å². The molecule has 1 aromatic heterocycles. The van der Waals surface area contributed by atoms with Gasteiger partial charge in [-0.25, -0.2) is 0 Å². The Morgan fingerprint density at radius 1 is 1.33 bits per heavy atom. The first-order valence-electron chi connectivity index (χ1n) is 7.36. The molecule has 2 aromatic rings. The summed E-state index contributed by atoms with van der Waals surface area (Å²) in [6, 6.07) is 7.93. The topological polar surface area (TPSA) is 49.3 Å². The van der Waals surface area contributed by atoms with Gasteiger partial charge in [-0.3, -0.25) is 4.79 Å². The van der Waals surface area contributed by atoms with Gasteiger partial charge in [0.1, 0.15) is 6.10 Å². The Labute approximate surface area is 128 Å². The van der Waals surface area contributed by atoms with E-state index in [9.17, 15) is 9.90 Å². The zero-order chi connectivity index (χ0) is 14.8. The van der Waals surface area contributed by atoms with Gasteiger partial charge in [-0.1, -0.05) is 19.1 Å². The number of carbonyl (C=O) groups is 1. The van der Waals surface area contributed by atoms with E-state index < -0.39 is 6.10 Å². The first-order valence-corrected chi connectivity index (χ1v) is 8.24. The second kappa shape index (κ2) is 6.00. The fraction of sp³-hybridized carbons (Fsp3) is 0.353. The largest absolute Gasteiger partial charge is 0.383 e. The highest BCUT2D eigenvalue weighted by Crippen LogP contribution is 2.33. The van der Waals surface area contributed by atoms with Crippen LogP contribution in [0.1, 0.15) is 47.4 Å². The van der Waals surface area contributed by atoms with Gasteiger partial charge in [0.15, 0.2) is 0 Å². The van der Waals surface area contributed by atoms with Gasteiger partial charge in [0.05, 0.1) is 0 Å². The number of aryl methyl sites for hydroxylation is 2. The number of nitrogens with one attached hydrogen (secondary N) is 1. The molecule has 3 rings (SSSR count). The van der Waals surface area contributed by atoms with Crippen molar-refractivity contribution in [2.75, 3.05) is 5.32 Å². The summed E-state index contributed by atoms with van der Waals surface area (Å²) in [5.74, 6) is 0.0774. The molecule has 0 spiro atoms. The number of amides is 1. The van der Waals surface area contributed by atoms with Crippen LogP contribution in [0.5, 0.6) is 0 Å². The molecule has 1 aliphatic rings. The van der Waals surface area contributed by atoms with Gasteiger partial charge >= 0.3 is 0 Å². The van der Waals surface area contributed by atoms with Gasteiger partial charge < -0.3 is 10.4 Å². The highest BCUT2D eigenvalue weighted by molar-refractivity contribution is 7.10. The summed E-state index contributed by atoms with van der Waals surface area (Å²) in [7, 11) is 0. The van der Waals surface area contributed by atoms with E-state index in [1.807, 2.05) is 23.6 Å². The lowest BCUT2D eigenvalue weighted by molar-refractivity contribution is -0.116. The number of anilines is 1. The molecule has 2 N–H and O–H groups in total. The van der Waals surface area contributed by atoms with E-state index in [2.05, 4.69) is 18.3 Å². The normalized spacial score (nSPS) is 16.0. The van der Waals surface area contributed by atoms with Crippen LogP contribution in [0.4, 0.5) is 5.69 Å². The molecule has 1 unspecified atom stereocenters. The van der Waals surface area contributed by atoms with Crippen molar-refractivity contribution in [3.8, 4) is 0 Å². The van der Waals surface area contributed by atoms with Crippen LogP contribution in [0, 0.1) is 0 Å². The molecule has 0 aliphatic carbocycles.